The number of nitrogens with zero attached hydrogens (tertiary/aromatic N) is 2. The minimum Gasteiger partial charge on any atom is -0.490 e. The highest BCUT2D eigenvalue weighted by atomic mass is 19.1. The van der Waals surface area contributed by atoms with E-state index in [0.717, 1.165) is 18.4 Å². The average Bonchev–Trinajstić information content (AvgIpc) is 2.83. The van der Waals surface area contributed by atoms with Crippen molar-refractivity contribution in [2.24, 2.45) is 0 Å². The summed E-state index contributed by atoms with van der Waals surface area (Å²) in [6, 6.07) is 4.68. The maximum atomic E-state index is 14.3. The molecule has 3 nitrogen and oxygen atoms in total. The third-order valence-corrected chi connectivity index (χ3v) is 6.10. The van der Waals surface area contributed by atoms with Crippen LogP contribution in [0, 0.1) is 5.82 Å². The normalized spacial score (nSPS) is 12.1. The number of ether oxygens (including phenoxy) is 1. The number of rotatable bonds is 18. The predicted molar refractivity (Wildman–Crippen MR) is 133 cm³/mol. The van der Waals surface area contributed by atoms with E-state index in [1.165, 1.54) is 70.3 Å². The molecule has 0 fully saturated rings. The fourth-order valence-electron chi connectivity index (χ4n) is 3.88. The quantitative estimate of drug-likeness (QED) is 0.209. The molecule has 0 N–H and O–H groups in total. The van der Waals surface area contributed by atoms with Crippen LogP contribution in [-0.2, 0) is 6.42 Å². The monoisotopic (exact) mass is 460 g/mol. The Hall–Kier alpha value is -2.04. The highest BCUT2D eigenvalue weighted by Gasteiger charge is 2.10. The fraction of sp³-hybridized carbons (Fsp3) is 0.643. The van der Waals surface area contributed by atoms with E-state index in [1.54, 1.807) is 19.1 Å². The van der Waals surface area contributed by atoms with Gasteiger partial charge in [-0.15, -0.1) is 0 Å². The number of hydrogen-bond donors (Lipinski definition) is 0. The van der Waals surface area contributed by atoms with Crippen LogP contribution in [0.1, 0.15) is 103 Å². The molecule has 1 aromatic carbocycles. The average molecular weight is 461 g/mol. The minimum atomic E-state index is -0.913. The molecule has 0 aliphatic rings. The van der Waals surface area contributed by atoms with Crippen molar-refractivity contribution in [1.82, 2.24) is 9.97 Å². The third-order valence-electron chi connectivity index (χ3n) is 6.10. The van der Waals surface area contributed by atoms with Gasteiger partial charge in [-0.3, -0.25) is 0 Å². The van der Waals surface area contributed by atoms with E-state index in [4.69, 9.17) is 4.74 Å². The molecule has 0 spiro atoms. The van der Waals surface area contributed by atoms with Gasteiger partial charge in [0, 0.05) is 24.4 Å². The molecule has 0 bridgehead atoms. The molecule has 2 rings (SSSR count). The minimum absolute atomic E-state index is 0.134. The Morgan fingerprint density at radius 2 is 1.45 bits per heavy atom. The predicted octanol–water partition coefficient (Wildman–Crippen LogP) is 8.65. The molecule has 0 saturated heterocycles. The summed E-state index contributed by atoms with van der Waals surface area (Å²) >= 11 is 0. The van der Waals surface area contributed by atoms with Gasteiger partial charge in [0.1, 0.15) is 6.17 Å². The molecule has 0 radical (unpaired) electrons. The number of aromatic nitrogens is 2. The van der Waals surface area contributed by atoms with Gasteiger partial charge in [0.05, 0.1) is 6.61 Å². The summed E-state index contributed by atoms with van der Waals surface area (Å²) in [7, 11) is 0. The van der Waals surface area contributed by atoms with Crippen LogP contribution in [-0.4, -0.2) is 22.7 Å². The lowest BCUT2D eigenvalue weighted by atomic mass is 10.0. The molecule has 2 aromatic rings. The van der Waals surface area contributed by atoms with Gasteiger partial charge in [-0.25, -0.2) is 18.7 Å². The van der Waals surface area contributed by atoms with Gasteiger partial charge in [0.15, 0.2) is 17.4 Å². The Morgan fingerprint density at radius 3 is 2.03 bits per heavy atom. The van der Waals surface area contributed by atoms with Gasteiger partial charge in [-0.2, -0.15) is 0 Å². The Bertz CT molecular complexity index is 767. The second-order valence-electron chi connectivity index (χ2n) is 8.99. The molecule has 1 unspecified atom stereocenters. The summed E-state index contributed by atoms with van der Waals surface area (Å²) < 4.78 is 33.0. The number of alkyl halides is 1. The maximum absolute atomic E-state index is 14.3. The zero-order valence-electron chi connectivity index (χ0n) is 20.6. The van der Waals surface area contributed by atoms with Gasteiger partial charge in [-0.1, -0.05) is 78.1 Å². The highest BCUT2D eigenvalue weighted by Crippen LogP contribution is 2.24. The van der Waals surface area contributed by atoms with E-state index in [9.17, 15) is 8.78 Å². The fourth-order valence-corrected chi connectivity index (χ4v) is 3.88. The van der Waals surface area contributed by atoms with Crippen molar-refractivity contribution in [3.8, 4) is 17.1 Å². The van der Waals surface area contributed by atoms with Crippen molar-refractivity contribution in [2.45, 2.75) is 110 Å². The largest absolute Gasteiger partial charge is 0.490 e. The zero-order valence-corrected chi connectivity index (χ0v) is 20.6. The summed E-state index contributed by atoms with van der Waals surface area (Å²) in [6.07, 6.45) is 19.1. The van der Waals surface area contributed by atoms with Crippen LogP contribution in [0.5, 0.6) is 5.75 Å². The molecule has 0 aliphatic heterocycles. The summed E-state index contributed by atoms with van der Waals surface area (Å²) in [5.74, 6) is 0.154. The van der Waals surface area contributed by atoms with Gasteiger partial charge in [-0.05, 0) is 43.0 Å². The van der Waals surface area contributed by atoms with Crippen LogP contribution in [0.3, 0.4) is 0 Å². The first kappa shape index (κ1) is 27.2. The molecule has 1 aromatic heterocycles. The molecule has 33 heavy (non-hydrogen) atoms. The number of halogens is 2. The molecule has 5 heteroatoms. The van der Waals surface area contributed by atoms with Gasteiger partial charge >= 0.3 is 0 Å². The van der Waals surface area contributed by atoms with Crippen molar-refractivity contribution < 1.29 is 13.5 Å². The van der Waals surface area contributed by atoms with Crippen LogP contribution < -0.4 is 4.74 Å². The van der Waals surface area contributed by atoms with E-state index in [1.807, 2.05) is 12.4 Å². The van der Waals surface area contributed by atoms with Crippen LogP contribution in [0.2, 0.25) is 0 Å². The summed E-state index contributed by atoms with van der Waals surface area (Å²) in [4.78, 5) is 8.84. The van der Waals surface area contributed by atoms with Crippen LogP contribution in [0.15, 0.2) is 30.6 Å². The maximum Gasteiger partial charge on any atom is 0.165 e. The molecule has 1 heterocycles. The Balaban J connectivity index is 1.65. The van der Waals surface area contributed by atoms with E-state index >= 15 is 0 Å². The Labute approximate surface area is 199 Å². The van der Waals surface area contributed by atoms with E-state index in [2.05, 4.69) is 16.9 Å². The summed E-state index contributed by atoms with van der Waals surface area (Å²) in [5.41, 5.74) is 1.73. The standard InChI is InChI=1S/C28H42F2N2O/c1-3-5-6-7-8-9-10-11-12-13-14-15-23-21-31-28(32-22-23)24-16-17-27(26(30)20-24)33-19-18-25(29)4-2/h16-17,20-22,25H,3-15,18-19H2,1-2H3. The summed E-state index contributed by atoms with van der Waals surface area (Å²) in [5, 5.41) is 0. The number of unbranched alkanes of at least 4 members (excludes halogenated alkanes) is 10. The Kier molecular flexibility index (Phi) is 13.6. The zero-order chi connectivity index (χ0) is 23.7. The molecule has 1 atom stereocenters. The van der Waals surface area contributed by atoms with Crippen LogP contribution >= 0.6 is 0 Å². The number of aryl methyl sites for hydroxylation is 1. The molecule has 0 aliphatic carbocycles. The topological polar surface area (TPSA) is 35.0 Å². The van der Waals surface area contributed by atoms with E-state index < -0.39 is 12.0 Å². The molecule has 0 saturated carbocycles. The highest BCUT2D eigenvalue weighted by molar-refractivity contribution is 5.56. The Morgan fingerprint density at radius 1 is 0.848 bits per heavy atom. The lowest BCUT2D eigenvalue weighted by Crippen LogP contribution is -2.07. The van der Waals surface area contributed by atoms with E-state index in [-0.39, 0.29) is 18.8 Å². The molecule has 0 amide bonds. The first-order valence-electron chi connectivity index (χ1n) is 13.0. The van der Waals surface area contributed by atoms with Crippen LogP contribution in [0.4, 0.5) is 8.78 Å². The second-order valence-corrected chi connectivity index (χ2v) is 8.99. The van der Waals surface area contributed by atoms with Gasteiger partial charge in [0.2, 0.25) is 0 Å². The smallest absolute Gasteiger partial charge is 0.165 e. The number of benzene rings is 1. The van der Waals surface area contributed by atoms with Crippen molar-refractivity contribution >= 4 is 0 Å². The lowest BCUT2D eigenvalue weighted by molar-refractivity contribution is 0.225. The van der Waals surface area contributed by atoms with Crippen LogP contribution in [0.25, 0.3) is 11.4 Å². The molecule has 184 valence electrons. The lowest BCUT2D eigenvalue weighted by Gasteiger charge is -2.10. The van der Waals surface area contributed by atoms with Gasteiger partial charge in [0.25, 0.3) is 0 Å². The first-order valence-corrected chi connectivity index (χ1v) is 13.0. The van der Waals surface area contributed by atoms with Crippen molar-refractivity contribution in [3.05, 3.63) is 42.0 Å². The van der Waals surface area contributed by atoms with Crippen molar-refractivity contribution in [3.63, 3.8) is 0 Å². The second kappa shape index (κ2) is 16.6. The number of hydrogen-bond acceptors (Lipinski definition) is 3. The summed E-state index contributed by atoms with van der Waals surface area (Å²) in [6.45, 7) is 4.20. The third kappa shape index (κ3) is 11.1. The van der Waals surface area contributed by atoms with Gasteiger partial charge < -0.3 is 4.74 Å². The van der Waals surface area contributed by atoms with E-state index in [0.29, 0.717) is 17.8 Å². The molecular formula is C28H42F2N2O. The van der Waals surface area contributed by atoms with Crippen molar-refractivity contribution in [1.29, 1.82) is 0 Å². The van der Waals surface area contributed by atoms with Crippen molar-refractivity contribution in [2.75, 3.05) is 6.61 Å². The SMILES string of the molecule is CCCCCCCCCCCCCc1cnc(-c2ccc(OCCC(F)CC)c(F)c2)nc1. The molecular weight excluding hydrogens is 418 g/mol. The first-order chi connectivity index (χ1) is 16.1.